The predicted octanol–water partition coefficient (Wildman–Crippen LogP) is 3.71. The number of nitrogens with one attached hydrogen (secondary N) is 1. The zero-order chi connectivity index (χ0) is 11.2. The predicted molar refractivity (Wildman–Crippen MR) is 72.0 cm³/mol. The van der Waals surface area contributed by atoms with Crippen LogP contribution in [0.5, 0.6) is 0 Å². The minimum absolute atomic E-state index is 0.928. The Balaban J connectivity index is 1.81. The average Bonchev–Trinajstić information content (AvgIpc) is 2.81. The van der Waals surface area contributed by atoms with Crippen molar-refractivity contribution < 1.29 is 0 Å². The molecule has 1 heterocycles. The maximum Gasteiger partial charge on any atom is -0.00209 e. The molecule has 2 rings (SSSR count). The molecule has 2 atom stereocenters. The van der Waals surface area contributed by atoms with E-state index in [0.717, 1.165) is 11.8 Å². The van der Waals surface area contributed by atoms with E-state index in [-0.39, 0.29) is 0 Å². The molecule has 1 fully saturated rings. The third-order valence-corrected chi connectivity index (χ3v) is 4.65. The highest BCUT2D eigenvalue weighted by atomic mass is 32.1. The van der Waals surface area contributed by atoms with Crippen molar-refractivity contribution in [3.63, 3.8) is 0 Å². The summed E-state index contributed by atoms with van der Waals surface area (Å²) in [5.41, 5.74) is 1.54. The second-order valence-electron chi connectivity index (χ2n) is 5.03. The molecule has 1 aromatic rings. The van der Waals surface area contributed by atoms with Gasteiger partial charge in [-0.15, -0.1) is 0 Å². The number of aryl methyl sites for hydroxylation is 1. The minimum Gasteiger partial charge on any atom is -0.319 e. The Kier molecular flexibility index (Phi) is 4.86. The molecule has 2 unspecified atom stereocenters. The van der Waals surface area contributed by atoms with Gasteiger partial charge >= 0.3 is 0 Å². The van der Waals surface area contributed by atoms with Gasteiger partial charge in [-0.1, -0.05) is 19.3 Å². The van der Waals surface area contributed by atoms with Crippen molar-refractivity contribution >= 4 is 11.3 Å². The fourth-order valence-electron chi connectivity index (χ4n) is 2.98. The molecule has 0 bridgehead atoms. The molecule has 0 amide bonds. The maximum atomic E-state index is 3.36. The first-order chi connectivity index (χ1) is 7.90. The van der Waals surface area contributed by atoms with Gasteiger partial charge in [0.2, 0.25) is 0 Å². The summed E-state index contributed by atoms with van der Waals surface area (Å²) in [6.45, 7) is 1.22. The van der Waals surface area contributed by atoms with Crippen LogP contribution in [0.15, 0.2) is 16.8 Å². The summed E-state index contributed by atoms with van der Waals surface area (Å²) in [6, 6.07) is 2.28. The van der Waals surface area contributed by atoms with Gasteiger partial charge in [0.25, 0.3) is 0 Å². The van der Waals surface area contributed by atoms with E-state index >= 15 is 0 Å². The van der Waals surface area contributed by atoms with Gasteiger partial charge in [-0.2, -0.15) is 11.3 Å². The van der Waals surface area contributed by atoms with Gasteiger partial charge in [-0.05, 0) is 67.1 Å². The third-order valence-electron chi connectivity index (χ3n) is 3.92. The zero-order valence-corrected chi connectivity index (χ0v) is 11.1. The normalized spacial score (nSPS) is 25.8. The van der Waals surface area contributed by atoms with Crippen LogP contribution in [0.3, 0.4) is 0 Å². The molecule has 0 spiro atoms. The van der Waals surface area contributed by atoms with Crippen LogP contribution in [0, 0.1) is 11.8 Å². The topological polar surface area (TPSA) is 12.0 Å². The van der Waals surface area contributed by atoms with Gasteiger partial charge in [-0.25, -0.2) is 0 Å². The van der Waals surface area contributed by atoms with E-state index < -0.39 is 0 Å². The Labute approximate surface area is 103 Å². The Morgan fingerprint density at radius 3 is 2.81 bits per heavy atom. The summed E-state index contributed by atoms with van der Waals surface area (Å²) in [7, 11) is 2.09. The summed E-state index contributed by atoms with van der Waals surface area (Å²) in [5, 5.41) is 7.86. The Hall–Kier alpha value is -0.340. The van der Waals surface area contributed by atoms with E-state index in [1.807, 2.05) is 11.3 Å². The van der Waals surface area contributed by atoms with Gasteiger partial charge in [-0.3, -0.25) is 0 Å². The Bertz CT molecular complexity index is 279. The lowest BCUT2D eigenvalue weighted by molar-refractivity contribution is 0.221. The summed E-state index contributed by atoms with van der Waals surface area (Å²) in [5.74, 6) is 1.89. The van der Waals surface area contributed by atoms with Crippen LogP contribution in [0.1, 0.15) is 37.7 Å². The quantitative estimate of drug-likeness (QED) is 0.823. The Morgan fingerprint density at radius 1 is 1.31 bits per heavy atom. The summed E-state index contributed by atoms with van der Waals surface area (Å²) < 4.78 is 0. The fraction of sp³-hybridized carbons (Fsp3) is 0.714. The molecule has 90 valence electrons. The van der Waals surface area contributed by atoms with E-state index in [0.29, 0.717) is 0 Å². The fourth-order valence-corrected chi connectivity index (χ4v) is 3.69. The van der Waals surface area contributed by atoms with Crippen LogP contribution in [-0.2, 0) is 6.42 Å². The maximum absolute atomic E-state index is 3.36. The van der Waals surface area contributed by atoms with Gasteiger partial charge in [0.05, 0.1) is 0 Å². The van der Waals surface area contributed by atoms with Crippen molar-refractivity contribution in [2.75, 3.05) is 13.6 Å². The van der Waals surface area contributed by atoms with Gasteiger partial charge < -0.3 is 5.32 Å². The van der Waals surface area contributed by atoms with E-state index in [4.69, 9.17) is 0 Å². The molecule has 1 nitrogen and oxygen atoms in total. The molecule has 1 aliphatic rings. The molecular weight excluding hydrogens is 214 g/mol. The van der Waals surface area contributed by atoms with Crippen molar-refractivity contribution in [3.8, 4) is 0 Å². The van der Waals surface area contributed by atoms with Crippen LogP contribution in [0.2, 0.25) is 0 Å². The highest BCUT2D eigenvalue weighted by Gasteiger charge is 2.23. The lowest BCUT2D eigenvalue weighted by Gasteiger charge is -2.31. The van der Waals surface area contributed by atoms with Crippen molar-refractivity contribution in [1.82, 2.24) is 5.32 Å². The van der Waals surface area contributed by atoms with E-state index in [1.165, 1.54) is 45.1 Å². The van der Waals surface area contributed by atoms with Gasteiger partial charge in [0, 0.05) is 0 Å². The van der Waals surface area contributed by atoms with E-state index in [9.17, 15) is 0 Å². The van der Waals surface area contributed by atoms with Crippen LogP contribution < -0.4 is 5.32 Å². The first-order valence-electron chi connectivity index (χ1n) is 6.56. The molecule has 2 heteroatoms. The minimum atomic E-state index is 0.928. The lowest BCUT2D eigenvalue weighted by atomic mass is 9.76. The largest absolute Gasteiger partial charge is 0.319 e. The molecule has 0 radical (unpaired) electrons. The molecule has 1 saturated carbocycles. The molecular formula is C14H23NS. The first kappa shape index (κ1) is 12.1. The summed E-state index contributed by atoms with van der Waals surface area (Å²) in [4.78, 5) is 0. The molecule has 1 aromatic heterocycles. The monoisotopic (exact) mass is 237 g/mol. The van der Waals surface area contributed by atoms with Gasteiger partial charge in [0.1, 0.15) is 0 Å². The van der Waals surface area contributed by atoms with Crippen LogP contribution in [0.25, 0.3) is 0 Å². The van der Waals surface area contributed by atoms with Crippen LogP contribution in [-0.4, -0.2) is 13.6 Å². The van der Waals surface area contributed by atoms with E-state index in [2.05, 4.69) is 29.2 Å². The third kappa shape index (κ3) is 3.33. The highest BCUT2D eigenvalue weighted by Crippen LogP contribution is 2.32. The van der Waals surface area contributed by atoms with Crippen molar-refractivity contribution in [2.45, 2.75) is 38.5 Å². The summed E-state index contributed by atoms with van der Waals surface area (Å²) in [6.07, 6.45) is 8.47. The smallest absolute Gasteiger partial charge is 0.00209 e. The number of hydrogen-bond donors (Lipinski definition) is 1. The Morgan fingerprint density at radius 2 is 2.12 bits per heavy atom. The second kappa shape index (κ2) is 6.41. The van der Waals surface area contributed by atoms with Crippen molar-refractivity contribution in [1.29, 1.82) is 0 Å². The summed E-state index contributed by atoms with van der Waals surface area (Å²) >= 11 is 1.82. The van der Waals surface area contributed by atoms with Crippen LogP contribution >= 0.6 is 11.3 Å². The highest BCUT2D eigenvalue weighted by molar-refractivity contribution is 7.07. The first-order valence-corrected chi connectivity index (χ1v) is 7.50. The average molecular weight is 237 g/mol. The van der Waals surface area contributed by atoms with Crippen LogP contribution in [0.4, 0.5) is 0 Å². The second-order valence-corrected chi connectivity index (χ2v) is 5.81. The molecule has 1 N–H and O–H groups in total. The van der Waals surface area contributed by atoms with Gasteiger partial charge in [0.15, 0.2) is 0 Å². The zero-order valence-electron chi connectivity index (χ0n) is 10.2. The molecule has 16 heavy (non-hydrogen) atoms. The SMILES string of the molecule is CNCC1CCCCC1CCc1ccsc1. The number of hydrogen-bond acceptors (Lipinski definition) is 2. The molecule has 0 saturated heterocycles. The van der Waals surface area contributed by atoms with Crippen molar-refractivity contribution in [2.24, 2.45) is 11.8 Å². The molecule has 1 aliphatic carbocycles. The lowest BCUT2D eigenvalue weighted by Crippen LogP contribution is -2.29. The number of rotatable bonds is 5. The molecule has 0 aliphatic heterocycles. The standard InChI is InChI=1S/C14H23NS/c1-15-10-14-5-3-2-4-13(14)7-6-12-8-9-16-11-12/h8-9,11,13-15H,2-7,10H2,1H3. The van der Waals surface area contributed by atoms with E-state index in [1.54, 1.807) is 5.56 Å². The van der Waals surface area contributed by atoms with Crippen molar-refractivity contribution in [3.05, 3.63) is 22.4 Å². The number of thiophene rings is 1. The molecule has 0 aromatic carbocycles.